The van der Waals surface area contributed by atoms with Gasteiger partial charge >= 0.3 is 0 Å². The molecule has 0 bridgehead atoms. The molecule has 0 aromatic heterocycles. The second kappa shape index (κ2) is 10.3. The number of nitrogens with zero attached hydrogens (tertiary/aromatic N) is 1. The van der Waals surface area contributed by atoms with Crippen molar-refractivity contribution in [3.05, 3.63) is 69.5 Å². The molecule has 1 aliphatic carbocycles. The molecule has 0 aliphatic heterocycles. The number of carbonyl (C=O) groups is 2. The fourth-order valence-electron chi connectivity index (χ4n) is 3.74. The van der Waals surface area contributed by atoms with Crippen LogP contribution >= 0.6 is 23.2 Å². The van der Waals surface area contributed by atoms with Crippen LogP contribution in [-0.2, 0) is 22.6 Å². The summed E-state index contributed by atoms with van der Waals surface area (Å²) in [5.41, 5.74) is 0.837. The van der Waals surface area contributed by atoms with E-state index < -0.39 is 17.8 Å². The molecule has 0 radical (unpaired) electrons. The first-order valence-corrected chi connectivity index (χ1v) is 10.9. The van der Waals surface area contributed by atoms with Crippen molar-refractivity contribution in [3.63, 3.8) is 0 Å². The maximum atomic E-state index is 14.2. The summed E-state index contributed by atoms with van der Waals surface area (Å²) >= 11 is 12.4. The average molecular weight is 451 g/mol. The molecule has 1 fully saturated rings. The van der Waals surface area contributed by atoms with Crippen LogP contribution in [0.15, 0.2) is 42.5 Å². The summed E-state index contributed by atoms with van der Waals surface area (Å²) in [4.78, 5) is 27.5. The molecule has 1 aliphatic rings. The number of benzene rings is 2. The standard InChI is InChI=1S/C23H25Cl2FN2O2/c1-15(23(30)27-17-8-3-4-9-17)28(14-16-7-2-5-10-19(16)24)22(29)13-18-20(25)11-6-12-21(18)26/h2,5-7,10-12,15,17H,3-4,8-9,13-14H2,1H3,(H,27,30)/t15-/m1/s1. The maximum Gasteiger partial charge on any atom is 0.242 e. The number of amides is 2. The van der Waals surface area contributed by atoms with Crippen molar-refractivity contribution >= 4 is 35.0 Å². The molecule has 0 heterocycles. The molecule has 7 heteroatoms. The molecule has 2 aromatic rings. The van der Waals surface area contributed by atoms with E-state index in [-0.39, 0.29) is 35.5 Å². The van der Waals surface area contributed by atoms with Gasteiger partial charge in [0.15, 0.2) is 0 Å². The van der Waals surface area contributed by atoms with Gasteiger partial charge in [0.05, 0.1) is 6.42 Å². The Morgan fingerprint density at radius 1 is 1.10 bits per heavy atom. The maximum absolute atomic E-state index is 14.2. The predicted molar refractivity (Wildman–Crippen MR) is 117 cm³/mol. The Bertz CT molecular complexity index is 896. The van der Waals surface area contributed by atoms with E-state index in [1.54, 1.807) is 31.2 Å². The first-order chi connectivity index (χ1) is 14.4. The van der Waals surface area contributed by atoms with E-state index in [0.29, 0.717) is 10.6 Å². The van der Waals surface area contributed by atoms with E-state index in [1.165, 1.54) is 17.0 Å². The Morgan fingerprint density at radius 2 is 1.77 bits per heavy atom. The van der Waals surface area contributed by atoms with Crippen LogP contribution in [0.5, 0.6) is 0 Å². The van der Waals surface area contributed by atoms with Gasteiger partial charge in [-0.3, -0.25) is 9.59 Å². The van der Waals surface area contributed by atoms with E-state index in [4.69, 9.17) is 23.2 Å². The van der Waals surface area contributed by atoms with E-state index >= 15 is 0 Å². The van der Waals surface area contributed by atoms with Gasteiger partial charge < -0.3 is 10.2 Å². The van der Waals surface area contributed by atoms with E-state index in [1.807, 2.05) is 6.07 Å². The van der Waals surface area contributed by atoms with E-state index in [0.717, 1.165) is 25.7 Å². The first-order valence-electron chi connectivity index (χ1n) is 10.1. The van der Waals surface area contributed by atoms with Crippen LogP contribution in [-0.4, -0.2) is 28.8 Å². The third kappa shape index (κ3) is 5.52. The van der Waals surface area contributed by atoms with Crippen LogP contribution in [0.4, 0.5) is 4.39 Å². The lowest BCUT2D eigenvalue weighted by Crippen LogP contribution is -2.50. The van der Waals surface area contributed by atoms with Gasteiger partial charge in [-0.05, 0) is 43.5 Å². The van der Waals surface area contributed by atoms with Crippen LogP contribution < -0.4 is 5.32 Å². The van der Waals surface area contributed by atoms with Crippen molar-refractivity contribution in [2.45, 2.75) is 57.7 Å². The number of carbonyl (C=O) groups excluding carboxylic acids is 2. The van der Waals surface area contributed by atoms with Crippen LogP contribution in [0.3, 0.4) is 0 Å². The van der Waals surface area contributed by atoms with Gasteiger partial charge in [-0.1, -0.05) is 60.3 Å². The molecule has 1 atom stereocenters. The summed E-state index contributed by atoms with van der Waals surface area (Å²) < 4.78 is 14.2. The van der Waals surface area contributed by atoms with Gasteiger partial charge in [0.1, 0.15) is 11.9 Å². The molecule has 30 heavy (non-hydrogen) atoms. The minimum atomic E-state index is -0.736. The van der Waals surface area contributed by atoms with Crippen LogP contribution in [0.25, 0.3) is 0 Å². The molecular weight excluding hydrogens is 426 g/mol. The molecule has 2 amide bonds. The molecule has 0 unspecified atom stereocenters. The number of halogens is 3. The Kier molecular flexibility index (Phi) is 7.73. The van der Waals surface area contributed by atoms with Crippen LogP contribution in [0.1, 0.15) is 43.7 Å². The van der Waals surface area contributed by atoms with Crippen molar-refractivity contribution in [1.29, 1.82) is 0 Å². The topological polar surface area (TPSA) is 49.4 Å². The van der Waals surface area contributed by atoms with Gasteiger partial charge in [-0.15, -0.1) is 0 Å². The minimum absolute atomic E-state index is 0.122. The highest BCUT2D eigenvalue weighted by Crippen LogP contribution is 2.24. The van der Waals surface area contributed by atoms with Gasteiger partial charge in [-0.2, -0.15) is 0 Å². The second-order valence-corrected chi connectivity index (χ2v) is 8.47. The minimum Gasteiger partial charge on any atom is -0.352 e. The highest BCUT2D eigenvalue weighted by Gasteiger charge is 2.29. The van der Waals surface area contributed by atoms with Crippen molar-refractivity contribution in [2.75, 3.05) is 0 Å². The van der Waals surface area contributed by atoms with Gasteiger partial charge in [-0.25, -0.2) is 4.39 Å². The second-order valence-electron chi connectivity index (χ2n) is 7.66. The van der Waals surface area contributed by atoms with Crippen LogP contribution in [0, 0.1) is 5.82 Å². The number of hydrogen-bond acceptors (Lipinski definition) is 2. The molecule has 1 N–H and O–H groups in total. The quantitative estimate of drug-likeness (QED) is 0.633. The molecule has 0 spiro atoms. The molecule has 1 saturated carbocycles. The number of rotatable bonds is 7. The summed E-state index contributed by atoms with van der Waals surface area (Å²) in [7, 11) is 0. The Balaban J connectivity index is 1.83. The fraction of sp³-hybridized carbons (Fsp3) is 0.391. The number of nitrogens with one attached hydrogen (secondary N) is 1. The van der Waals surface area contributed by atoms with E-state index in [2.05, 4.69) is 5.32 Å². The predicted octanol–water partition coefficient (Wildman–Crippen LogP) is 5.15. The molecule has 0 saturated heterocycles. The average Bonchev–Trinajstić information content (AvgIpc) is 3.22. The normalized spacial score (nSPS) is 15.1. The zero-order chi connectivity index (χ0) is 21.7. The highest BCUT2D eigenvalue weighted by atomic mass is 35.5. The summed E-state index contributed by atoms with van der Waals surface area (Å²) in [6.07, 6.45) is 3.83. The third-order valence-corrected chi connectivity index (χ3v) is 6.28. The molecular formula is C23H25Cl2FN2O2. The molecule has 2 aromatic carbocycles. The van der Waals surface area contributed by atoms with Crippen molar-refractivity contribution in [1.82, 2.24) is 10.2 Å². The summed E-state index contributed by atoms with van der Waals surface area (Å²) in [5, 5.41) is 3.72. The highest BCUT2D eigenvalue weighted by molar-refractivity contribution is 6.31. The molecule has 4 nitrogen and oxygen atoms in total. The zero-order valence-electron chi connectivity index (χ0n) is 16.8. The number of hydrogen-bond donors (Lipinski definition) is 1. The SMILES string of the molecule is C[C@H](C(=O)NC1CCCC1)N(Cc1ccccc1Cl)C(=O)Cc1c(F)cccc1Cl. The monoisotopic (exact) mass is 450 g/mol. The fourth-order valence-corrected chi connectivity index (χ4v) is 4.16. The van der Waals surface area contributed by atoms with Gasteiger partial charge in [0.2, 0.25) is 11.8 Å². The Labute approximate surface area is 186 Å². The summed E-state index contributed by atoms with van der Waals surface area (Å²) in [6.45, 7) is 1.83. The van der Waals surface area contributed by atoms with Gasteiger partial charge in [0, 0.05) is 28.2 Å². The Morgan fingerprint density at radius 3 is 2.43 bits per heavy atom. The lowest BCUT2D eigenvalue weighted by Gasteiger charge is -2.30. The van der Waals surface area contributed by atoms with E-state index in [9.17, 15) is 14.0 Å². The largest absolute Gasteiger partial charge is 0.352 e. The smallest absolute Gasteiger partial charge is 0.242 e. The summed E-state index contributed by atoms with van der Waals surface area (Å²) in [5.74, 6) is -1.16. The van der Waals surface area contributed by atoms with Crippen molar-refractivity contribution in [2.24, 2.45) is 0 Å². The first kappa shape index (κ1) is 22.6. The summed E-state index contributed by atoms with van der Waals surface area (Å²) in [6, 6.07) is 10.9. The lowest BCUT2D eigenvalue weighted by molar-refractivity contribution is -0.140. The van der Waals surface area contributed by atoms with Gasteiger partial charge in [0.25, 0.3) is 0 Å². The zero-order valence-corrected chi connectivity index (χ0v) is 18.3. The van der Waals surface area contributed by atoms with Crippen LogP contribution in [0.2, 0.25) is 10.0 Å². The Hall–Kier alpha value is -2.11. The molecule has 3 rings (SSSR count). The third-order valence-electron chi connectivity index (χ3n) is 5.56. The lowest BCUT2D eigenvalue weighted by atomic mass is 10.1. The van der Waals surface area contributed by atoms with Crippen molar-refractivity contribution in [3.8, 4) is 0 Å². The molecule has 160 valence electrons. The van der Waals surface area contributed by atoms with Crippen molar-refractivity contribution < 1.29 is 14.0 Å².